The Bertz CT molecular complexity index is 2010. The number of halogens is 3. The Morgan fingerprint density at radius 2 is 1.49 bits per heavy atom. The third kappa shape index (κ3) is 5.62. The summed E-state index contributed by atoms with van der Waals surface area (Å²) in [6, 6.07) is 33.4. The first-order valence-corrected chi connectivity index (χ1v) is 17.0. The Morgan fingerprint density at radius 3 is 2.22 bits per heavy atom. The van der Waals surface area contributed by atoms with Gasteiger partial charge in [-0.3, -0.25) is 4.90 Å². The first-order chi connectivity index (χ1) is 21.5. The standard InChI is InChI=1S/C37H33F3N2O2S/c1-45(43,44)30-15-13-29(33(22-30)37(38,39)40)23-42-19-17-36(18-20-42)24-41-35-16-14-28(21-34(35)36)25-9-11-27(12-10-25)32-8-4-6-26-5-2-3-7-31(26)32/h2-16,21-22,41H,17-20,23-24H2,1H3. The Hall–Kier alpha value is -4.14. The van der Waals surface area contributed by atoms with Crippen LogP contribution in [0.1, 0.15) is 29.5 Å². The minimum absolute atomic E-state index is 0.0856. The normalized spacial score (nSPS) is 16.5. The van der Waals surface area contributed by atoms with Gasteiger partial charge in [-0.25, -0.2) is 8.42 Å². The van der Waals surface area contributed by atoms with Crippen LogP contribution >= 0.6 is 0 Å². The van der Waals surface area contributed by atoms with Crippen LogP contribution in [0.4, 0.5) is 18.9 Å². The second-order valence-electron chi connectivity index (χ2n) is 12.4. The van der Waals surface area contributed by atoms with E-state index in [1.807, 2.05) is 4.90 Å². The summed E-state index contributed by atoms with van der Waals surface area (Å²) in [6.07, 6.45) is -2.07. The molecular formula is C37H33F3N2O2S. The fourth-order valence-corrected chi connectivity index (χ4v) is 7.66. The molecule has 0 radical (unpaired) electrons. The quantitative estimate of drug-likeness (QED) is 0.212. The zero-order valence-electron chi connectivity index (χ0n) is 24.9. The molecule has 2 aliphatic rings. The van der Waals surface area contributed by atoms with Crippen LogP contribution in [0.5, 0.6) is 0 Å². The largest absolute Gasteiger partial charge is 0.416 e. The van der Waals surface area contributed by atoms with Gasteiger partial charge in [0.15, 0.2) is 9.84 Å². The van der Waals surface area contributed by atoms with Gasteiger partial charge in [-0.15, -0.1) is 0 Å². The minimum atomic E-state index is -4.63. The Morgan fingerprint density at radius 1 is 0.800 bits per heavy atom. The van der Waals surface area contributed by atoms with Gasteiger partial charge in [-0.1, -0.05) is 78.9 Å². The number of anilines is 1. The third-order valence-corrected chi connectivity index (χ3v) is 10.7. The fourth-order valence-electron chi connectivity index (χ4n) is 7.01. The summed E-state index contributed by atoms with van der Waals surface area (Å²) in [5.41, 5.74) is 6.18. The van der Waals surface area contributed by atoms with Gasteiger partial charge in [0, 0.05) is 30.4 Å². The fraction of sp³-hybridized carbons (Fsp3) is 0.243. The summed E-state index contributed by atoms with van der Waals surface area (Å²) in [5, 5.41) is 6.02. The van der Waals surface area contributed by atoms with Crippen molar-refractivity contribution in [1.29, 1.82) is 0 Å². The molecule has 0 atom stereocenters. The highest BCUT2D eigenvalue weighted by atomic mass is 32.2. The van der Waals surface area contributed by atoms with E-state index in [1.165, 1.54) is 39.6 Å². The number of fused-ring (bicyclic) bond motifs is 3. The maximum Gasteiger partial charge on any atom is 0.416 e. The molecular weight excluding hydrogens is 593 g/mol. The monoisotopic (exact) mass is 626 g/mol. The molecule has 1 spiro atoms. The number of alkyl halides is 3. The van der Waals surface area contributed by atoms with Crippen molar-refractivity contribution in [2.45, 2.75) is 35.9 Å². The average molecular weight is 627 g/mol. The van der Waals surface area contributed by atoms with Crippen molar-refractivity contribution in [3.05, 3.63) is 120 Å². The first kappa shape index (κ1) is 29.6. The van der Waals surface area contributed by atoms with E-state index in [4.69, 9.17) is 0 Å². The van der Waals surface area contributed by atoms with E-state index in [1.54, 1.807) is 0 Å². The highest BCUT2D eigenvalue weighted by Gasteiger charge is 2.42. The molecule has 1 fully saturated rings. The van der Waals surface area contributed by atoms with Crippen molar-refractivity contribution in [3.8, 4) is 22.3 Å². The lowest BCUT2D eigenvalue weighted by Gasteiger charge is -2.39. The van der Waals surface area contributed by atoms with Gasteiger partial charge in [-0.2, -0.15) is 13.2 Å². The maximum atomic E-state index is 13.9. The highest BCUT2D eigenvalue weighted by Crippen LogP contribution is 2.46. The van der Waals surface area contributed by atoms with E-state index in [-0.39, 0.29) is 22.4 Å². The van der Waals surface area contributed by atoms with Crippen LogP contribution in [-0.4, -0.2) is 39.2 Å². The SMILES string of the molecule is CS(=O)(=O)c1ccc(CN2CCC3(CC2)CNc2ccc(-c4ccc(-c5cccc6ccccc56)cc4)cc23)c(C(F)(F)F)c1. The van der Waals surface area contributed by atoms with Crippen molar-refractivity contribution in [2.24, 2.45) is 0 Å². The molecule has 8 heteroatoms. The summed E-state index contributed by atoms with van der Waals surface area (Å²) in [5.74, 6) is 0. The number of hydrogen-bond donors (Lipinski definition) is 1. The van der Waals surface area contributed by atoms with Crippen LogP contribution in [0.25, 0.3) is 33.0 Å². The molecule has 5 aromatic carbocycles. The van der Waals surface area contributed by atoms with Crippen LogP contribution in [0.2, 0.25) is 0 Å². The Kier molecular flexibility index (Phi) is 7.25. The number of benzene rings is 5. The molecule has 0 aromatic heterocycles. The summed E-state index contributed by atoms with van der Waals surface area (Å²) in [7, 11) is -3.75. The molecule has 2 heterocycles. The minimum Gasteiger partial charge on any atom is -0.384 e. The van der Waals surface area contributed by atoms with Crippen LogP contribution in [0.15, 0.2) is 108 Å². The summed E-state index contributed by atoms with van der Waals surface area (Å²) in [6.45, 7) is 2.22. The summed E-state index contributed by atoms with van der Waals surface area (Å²) >= 11 is 0. The molecule has 1 N–H and O–H groups in total. The molecule has 45 heavy (non-hydrogen) atoms. The van der Waals surface area contributed by atoms with Crippen LogP contribution in [0.3, 0.4) is 0 Å². The van der Waals surface area contributed by atoms with E-state index in [9.17, 15) is 21.6 Å². The van der Waals surface area contributed by atoms with Crippen LogP contribution in [-0.2, 0) is 28.0 Å². The van der Waals surface area contributed by atoms with E-state index in [2.05, 4.69) is 90.2 Å². The number of sulfone groups is 1. The molecule has 1 saturated heterocycles. The summed E-state index contributed by atoms with van der Waals surface area (Å²) < 4.78 is 65.5. The van der Waals surface area contributed by atoms with E-state index < -0.39 is 21.6 Å². The lowest BCUT2D eigenvalue weighted by Crippen LogP contribution is -2.43. The predicted octanol–water partition coefficient (Wildman–Crippen LogP) is 8.56. The Balaban J connectivity index is 1.10. The number of hydrogen-bond acceptors (Lipinski definition) is 4. The van der Waals surface area contributed by atoms with E-state index in [0.29, 0.717) is 13.1 Å². The number of piperidine rings is 1. The first-order valence-electron chi connectivity index (χ1n) is 15.1. The third-order valence-electron chi connectivity index (χ3n) is 9.55. The molecule has 7 rings (SSSR count). The van der Waals surface area contributed by atoms with Gasteiger partial charge in [-0.05, 0) is 94.3 Å². The lowest BCUT2D eigenvalue weighted by molar-refractivity contribution is -0.138. The van der Waals surface area contributed by atoms with Gasteiger partial charge < -0.3 is 5.32 Å². The lowest BCUT2D eigenvalue weighted by atomic mass is 9.73. The highest BCUT2D eigenvalue weighted by molar-refractivity contribution is 7.90. The van der Waals surface area contributed by atoms with Crippen LogP contribution < -0.4 is 5.32 Å². The zero-order chi connectivity index (χ0) is 31.4. The van der Waals surface area contributed by atoms with Crippen molar-refractivity contribution >= 4 is 26.3 Å². The van der Waals surface area contributed by atoms with Gasteiger partial charge in [0.25, 0.3) is 0 Å². The van der Waals surface area contributed by atoms with Crippen LogP contribution in [0, 0.1) is 0 Å². The van der Waals surface area contributed by atoms with E-state index in [0.717, 1.165) is 48.5 Å². The second kappa shape index (κ2) is 11.0. The smallest absolute Gasteiger partial charge is 0.384 e. The van der Waals surface area contributed by atoms with Crippen molar-refractivity contribution in [1.82, 2.24) is 4.90 Å². The van der Waals surface area contributed by atoms with Gasteiger partial charge >= 0.3 is 6.18 Å². The molecule has 2 aliphatic heterocycles. The molecule has 0 unspecified atom stereocenters. The van der Waals surface area contributed by atoms with Gasteiger partial charge in [0.1, 0.15) is 0 Å². The zero-order valence-corrected chi connectivity index (χ0v) is 25.7. The van der Waals surface area contributed by atoms with Gasteiger partial charge in [0.2, 0.25) is 0 Å². The van der Waals surface area contributed by atoms with Crippen molar-refractivity contribution in [2.75, 3.05) is 31.2 Å². The average Bonchev–Trinajstić information content (AvgIpc) is 3.38. The molecule has 0 aliphatic carbocycles. The molecule has 4 nitrogen and oxygen atoms in total. The maximum absolute atomic E-state index is 13.9. The molecule has 230 valence electrons. The van der Waals surface area contributed by atoms with Crippen molar-refractivity contribution < 1.29 is 21.6 Å². The predicted molar refractivity (Wildman–Crippen MR) is 174 cm³/mol. The second-order valence-corrected chi connectivity index (χ2v) is 14.4. The molecule has 5 aromatic rings. The van der Waals surface area contributed by atoms with Crippen molar-refractivity contribution in [3.63, 3.8) is 0 Å². The summed E-state index contributed by atoms with van der Waals surface area (Å²) in [4.78, 5) is 1.73. The van der Waals surface area contributed by atoms with E-state index >= 15 is 0 Å². The topological polar surface area (TPSA) is 49.4 Å². The number of nitrogens with one attached hydrogen (secondary N) is 1. The number of rotatable bonds is 5. The van der Waals surface area contributed by atoms with Gasteiger partial charge in [0.05, 0.1) is 10.5 Å². The Labute approximate surface area is 261 Å². The molecule has 0 amide bonds. The number of nitrogens with zero attached hydrogens (tertiary/aromatic N) is 1. The molecule has 0 saturated carbocycles. The molecule has 0 bridgehead atoms. The number of likely N-dealkylation sites (tertiary alicyclic amines) is 1.